The molecule has 2 rings (SSSR count). The van der Waals surface area contributed by atoms with Gasteiger partial charge in [-0.15, -0.1) is 0 Å². The van der Waals surface area contributed by atoms with Crippen LogP contribution in [0.4, 0.5) is 20.2 Å². The maximum atomic E-state index is 13.3. The maximum absolute atomic E-state index is 13.3. The summed E-state index contributed by atoms with van der Waals surface area (Å²) < 4.78 is 26.5. The van der Waals surface area contributed by atoms with E-state index in [-0.39, 0.29) is 27.5 Å². The Bertz CT molecular complexity index is 821. The Morgan fingerprint density at radius 2 is 2.10 bits per heavy atom. The van der Waals surface area contributed by atoms with Gasteiger partial charge in [0, 0.05) is 12.4 Å². The number of nitriles is 1. The molecule has 1 aromatic heterocycles. The third kappa shape index (κ3) is 2.99. The van der Waals surface area contributed by atoms with Gasteiger partial charge in [0.05, 0.1) is 22.5 Å². The summed E-state index contributed by atoms with van der Waals surface area (Å²) in [5, 5.41) is 17.6. The van der Waals surface area contributed by atoms with Gasteiger partial charge in [0.1, 0.15) is 17.4 Å². The van der Waals surface area contributed by atoms with Crippen LogP contribution < -0.4 is 0 Å². The first kappa shape index (κ1) is 14.5. The fraction of sp³-hybridized carbons (Fsp3) is 0. The zero-order chi connectivity index (χ0) is 15.4. The van der Waals surface area contributed by atoms with Gasteiger partial charge in [-0.2, -0.15) is 9.65 Å². The molecule has 8 heteroatoms. The Hall–Kier alpha value is -2.90. The molecule has 0 amide bonds. The summed E-state index contributed by atoms with van der Waals surface area (Å²) in [6, 6.07) is 3.72. The number of rotatable bonds is 2. The molecule has 0 unspecified atom stereocenters. The van der Waals surface area contributed by atoms with Crippen LogP contribution >= 0.6 is 11.6 Å². The van der Waals surface area contributed by atoms with Crippen molar-refractivity contribution in [3.05, 3.63) is 57.3 Å². The fourth-order valence-corrected chi connectivity index (χ4v) is 1.81. The minimum Gasteiger partial charge on any atom is -0.260 e. The van der Waals surface area contributed by atoms with Crippen LogP contribution in [-0.4, -0.2) is 11.2 Å². The Balaban J connectivity index is 2.52. The normalized spacial score (nSPS) is 10.3. The smallest absolute Gasteiger partial charge is 0.260 e. The average molecular weight is 305 g/mol. The first-order valence-corrected chi connectivity index (χ1v) is 5.86. The van der Waals surface area contributed by atoms with Crippen LogP contribution in [0.5, 0.6) is 0 Å². The molecule has 0 radical (unpaired) electrons. The highest BCUT2D eigenvalue weighted by Gasteiger charge is 2.20. The zero-order valence-electron chi connectivity index (χ0n) is 10.3. The van der Waals surface area contributed by atoms with Crippen molar-refractivity contribution < 1.29 is 8.78 Å². The molecule has 0 aliphatic rings. The predicted molar refractivity (Wildman–Crippen MR) is 72.3 cm³/mol. The summed E-state index contributed by atoms with van der Waals surface area (Å²) in [4.78, 5) is 10.3. The summed E-state index contributed by atoms with van der Waals surface area (Å²) in [5.41, 5.74) is -0.343. The Morgan fingerprint density at radius 1 is 1.33 bits per heavy atom. The van der Waals surface area contributed by atoms with Crippen LogP contribution in [0.1, 0.15) is 11.1 Å². The molecule has 0 atom stereocenters. The second-order valence-electron chi connectivity index (χ2n) is 3.81. The molecule has 0 aliphatic carbocycles. The van der Waals surface area contributed by atoms with Crippen LogP contribution in [0.25, 0.3) is 4.98 Å². The van der Waals surface area contributed by atoms with E-state index < -0.39 is 11.6 Å². The van der Waals surface area contributed by atoms with E-state index >= 15 is 0 Å². The van der Waals surface area contributed by atoms with E-state index in [0.717, 1.165) is 24.5 Å². The second-order valence-corrected chi connectivity index (χ2v) is 4.22. The standard InChI is InChI=1S/C13H5ClF2N5/c14-10-2-9(15)1-7(3-17)12(10)20-5-8-4-19-6-11(16)13(8)21-18/h1-2,4-6H/q+1. The summed E-state index contributed by atoms with van der Waals surface area (Å²) in [6.45, 7) is 0. The molecular weight excluding hydrogens is 300 g/mol. The molecule has 0 saturated heterocycles. The molecule has 0 spiro atoms. The highest BCUT2D eigenvalue weighted by Crippen LogP contribution is 2.30. The van der Waals surface area contributed by atoms with E-state index in [4.69, 9.17) is 22.3 Å². The summed E-state index contributed by atoms with van der Waals surface area (Å²) >= 11 is 5.82. The quantitative estimate of drug-likeness (QED) is 0.618. The number of aromatic nitrogens is 1. The van der Waals surface area contributed by atoms with Crippen molar-refractivity contribution in [1.29, 1.82) is 10.7 Å². The van der Waals surface area contributed by atoms with Gasteiger partial charge in [-0.1, -0.05) is 11.6 Å². The SMILES string of the molecule is N#Cc1cc(F)cc(Cl)c1N=Cc1cncc(F)c1[N+]#N. The van der Waals surface area contributed by atoms with E-state index in [1.165, 1.54) is 6.20 Å². The van der Waals surface area contributed by atoms with Crippen molar-refractivity contribution in [1.82, 2.24) is 4.98 Å². The first-order chi connectivity index (χ1) is 10.1. The van der Waals surface area contributed by atoms with Crippen LogP contribution in [0, 0.1) is 28.4 Å². The molecular formula is C13H5ClF2N5+. The molecule has 5 nitrogen and oxygen atoms in total. The Kier molecular flexibility index (Phi) is 4.17. The molecule has 1 aromatic carbocycles. The molecule has 0 bridgehead atoms. The van der Waals surface area contributed by atoms with Crippen molar-refractivity contribution in [3.8, 4) is 6.07 Å². The lowest BCUT2D eigenvalue weighted by molar-refractivity contribution is 0.626. The molecule has 0 aliphatic heterocycles. The third-order valence-corrected chi connectivity index (χ3v) is 2.77. The topological polar surface area (TPSA) is 77.2 Å². The number of halogens is 3. The summed E-state index contributed by atoms with van der Waals surface area (Å²) in [6.07, 6.45) is 3.20. The highest BCUT2D eigenvalue weighted by atomic mass is 35.5. The number of aliphatic imine (C=N–C) groups is 1. The van der Waals surface area contributed by atoms with Gasteiger partial charge < -0.3 is 0 Å². The number of hydrogen-bond acceptors (Lipinski definition) is 4. The number of diazo groups is 1. The second kappa shape index (κ2) is 6.04. The van der Waals surface area contributed by atoms with Crippen LogP contribution in [0.2, 0.25) is 5.02 Å². The van der Waals surface area contributed by atoms with Crippen LogP contribution in [-0.2, 0) is 0 Å². The largest absolute Gasteiger partial charge is 0.432 e. The number of nitrogens with zero attached hydrogens (tertiary/aromatic N) is 5. The van der Waals surface area contributed by atoms with E-state index in [2.05, 4.69) is 15.0 Å². The van der Waals surface area contributed by atoms with Gasteiger partial charge in [0.25, 0.3) is 0 Å². The van der Waals surface area contributed by atoms with Crippen molar-refractivity contribution >= 4 is 29.2 Å². The van der Waals surface area contributed by atoms with Gasteiger partial charge in [-0.05, 0) is 12.1 Å². The van der Waals surface area contributed by atoms with Crippen molar-refractivity contribution in [2.75, 3.05) is 0 Å². The minimum absolute atomic E-state index is 0.0220. The molecule has 0 N–H and O–H groups in total. The lowest BCUT2D eigenvalue weighted by Crippen LogP contribution is -1.89. The third-order valence-electron chi connectivity index (χ3n) is 2.48. The van der Waals surface area contributed by atoms with E-state index in [1.807, 2.05) is 0 Å². The molecule has 1 heterocycles. The van der Waals surface area contributed by atoms with Crippen molar-refractivity contribution in [2.45, 2.75) is 0 Å². The summed E-state index contributed by atoms with van der Waals surface area (Å²) in [5.74, 6) is -1.51. The zero-order valence-corrected chi connectivity index (χ0v) is 11.0. The Labute approximate surface area is 122 Å². The predicted octanol–water partition coefficient (Wildman–Crippen LogP) is 4.12. The average Bonchev–Trinajstić information content (AvgIpc) is 2.45. The number of hydrogen-bond donors (Lipinski definition) is 0. The number of benzene rings is 1. The molecule has 0 fully saturated rings. The molecule has 0 saturated carbocycles. The van der Waals surface area contributed by atoms with Crippen LogP contribution in [0.3, 0.4) is 0 Å². The minimum atomic E-state index is -0.841. The molecule has 102 valence electrons. The summed E-state index contributed by atoms with van der Waals surface area (Å²) in [7, 11) is 0. The number of pyridine rings is 1. The van der Waals surface area contributed by atoms with Crippen molar-refractivity contribution in [3.63, 3.8) is 0 Å². The fourth-order valence-electron chi connectivity index (χ4n) is 1.56. The maximum Gasteiger partial charge on any atom is 0.432 e. The van der Waals surface area contributed by atoms with Gasteiger partial charge in [-0.3, -0.25) is 9.98 Å². The monoisotopic (exact) mass is 304 g/mol. The lowest BCUT2D eigenvalue weighted by Gasteiger charge is -2.00. The van der Waals surface area contributed by atoms with E-state index in [9.17, 15) is 8.78 Å². The van der Waals surface area contributed by atoms with E-state index in [0.29, 0.717) is 0 Å². The lowest BCUT2D eigenvalue weighted by atomic mass is 10.2. The molecule has 21 heavy (non-hydrogen) atoms. The van der Waals surface area contributed by atoms with Gasteiger partial charge in [-0.25, -0.2) is 4.39 Å². The van der Waals surface area contributed by atoms with Gasteiger partial charge >= 0.3 is 5.69 Å². The van der Waals surface area contributed by atoms with Gasteiger partial charge in [0.15, 0.2) is 4.98 Å². The first-order valence-electron chi connectivity index (χ1n) is 5.48. The van der Waals surface area contributed by atoms with Crippen LogP contribution in [0.15, 0.2) is 29.5 Å². The van der Waals surface area contributed by atoms with Gasteiger partial charge in [0.2, 0.25) is 11.2 Å². The van der Waals surface area contributed by atoms with E-state index in [1.54, 1.807) is 6.07 Å². The highest BCUT2D eigenvalue weighted by molar-refractivity contribution is 6.33. The molecule has 2 aromatic rings. The van der Waals surface area contributed by atoms with Crippen molar-refractivity contribution in [2.24, 2.45) is 4.99 Å². The Morgan fingerprint density at radius 3 is 2.76 bits per heavy atom.